The van der Waals surface area contributed by atoms with Crippen LogP contribution in [0, 0.1) is 5.92 Å². The summed E-state index contributed by atoms with van der Waals surface area (Å²) >= 11 is 6.26. The average molecular weight is 232 g/mol. The van der Waals surface area contributed by atoms with E-state index >= 15 is 0 Å². The molecule has 0 bridgehead atoms. The normalized spacial score (nSPS) is 29.3. The first-order chi connectivity index (χ1) is 7.15. The van der Waals surface area contributed by atoms with Crippen molar-refractivity contribution < 1.29 is 4.79 Å². The van der Waals surface area contributed by atoms with Crippen LogP contribution in [0.25, 0.3) is 0 Å². The van der Waals surface area contributed by atoms with Crippen LogP contribution in [0.2, 0.25) is 0 Å². The van der Waals surface area contributed by atoms with Gasteiger partial charge in [-0.05, 0) is 19.3 Å². The molecular weight excluding hydrogens is 210 g/mol. The molecule has 0 aliphatic heterocycles. The molecule has 3 heteroatoms. The van der Waals surface area contributed by atoms with E-state index < -0.39 is 0 Å². The number of alkyl halides is 1. The molecule has 1 amide bonds. The van der Waals surface area contributed by atoms with Gasteiger partial charge in [-0.25, -0.2) is 0 Å². The third-order valence-corrected chi connectivity index (χ3v) is 3.84. The lowest BCUT2D eigenvalue weighted by Gasteiger charge is -2.22. The van der Waals surface area contributed by atoms with E-state index in [0.717, 1.165) is 19.3 Å². The fourth-order valence-electron chi connectivity index (χ4n) is 1.94. The zero-order valence-electron chi connectivity index (χ0n) is 9.76. The molecule has 1 aliphatic rings. The Morgan fingerprint density at radius 3 is 2.73 bits per heavy atom. The molecule has 2 nitrogen and oxygen atoms in total. The number of hydrogen-bond acceptors (Lipinski definition) is 1. The van der Waals surface area contributed by atoms with Gasteiger partial charge in [0, 0.05) is 12.0 Å². The smallest absolute Gasteiger partial charge is 0.223 e. The predicted molar refractivity (Wildman–Crippen MR) is 64.1 cm³/mol. The van der Waals surface area contributed by atoms with Gasteiger partial charge >= 0.3 is 0 Å². The van der Waals surface area contributed by atoms with Crippen LogP contribution in [0.4, 0.5) is 0 Å². The highest BCUT2D eigenvalue weighted by molar-refractivity contribution is 6.21. The standard InChI is InChI=1S/C12H22ClNO/c1-3-9(2)12(15)14-11-8-6-4-5-7-10(11)13/h9-11H,3-8H2,1-2H3,(H,14,15). The van der Waals surface area contributed by atoms with E-state index in [2.05, 4.69) is 5.32 Å². The molecule has 1 aliphatic carbocycles. The highest BCUT2D eigenvalue weighted by Crippen LogP contribution is 2.22. The monoisotopic (exact) mass is 231 g/mol. The SMILES string of the molecule is CCC(C)C(=O)NC1CCCCCC1Cl. The molecule has 0 aromatic heterocycles. The molecule has 3 unspecified atom stereocenters. The van der Waals surface area contributed by atoms with Crippen molar-refractivity contribution in [1.82, 2.24) is 5.32 Å². The van der Waals surface area contributed by atoms with Crippen molar-refractivity contribution in [2.75, 3.05) is 0 Å². The lowest BCUT2D eigenvalue weighted by molar-refractivity contribution is -0.125. The molecule has 1 saturated carbocycles. The molecule has 0 aromatic rings. The predicted octanol–water partition coefficient (Wildman–Crippen LogP) is 3.09. The fourth-order valence-corrected chi connectivity index (χ4v) is 2.28. The van der Waals surface area contributed by atoms with Crippen molar-refractivity contribution in [3.05, 3.63) is 0 Å². The van der Waals surface area contributed by atoms with Crippen LogP contribution in [-0.4, -0.2) is 17.3 Å². The highest BCUT2D eigenvalue weighted by Gasteiger charge is 2.24. The van der Waals surface area contributed by atoms with Crippen LogP contribution in [0.3, 0.4) is 0 Å². The fraction of sp³-hybridized carbons (Fsp3) is 0.917. The highest BCUT2D eigenvalue weighted by atomic mass is 35.5. The van der Waals surface area contributed by atoms with Crippen LogP contribution >= 0.6 is 11.6 Å². The molecule has 0 spiro atoms. The third-order valence-electron chi connectivity index (χ3n) is 3.32. The van der Waals surface area contributed by atoms with E-state index in [1.807, 2.05) is 13.8 Å². The topological polar surface area (TPSA) is 29.1 Å². The van der Waals surface area contributed by atoms with Gasteiger partial charge in [0.25, 0.3) is 0 Å². The van der Waals surface area contributed by atoms with Gasteiger partial charge in [-0.3, -0.25) is 4.79 Å². The van der Waals surface area contributed by atoms with E-state index in [0.29, 0.717) is 0 Å². The number of nitrogens with one attached hydrogen (secondary N) is 1. The summed E-state index contributed by atoms with van der Waals surface area (Å²) in [6.07, 6.45) is 6.60. The summed E-state index contributed by atoms with van der Waals surface area (Å²) < 4.78 is 0. The molecule has 1 N–H and O–H groups in total. The molecule has 0 saturated heterocycles. The number of hydrogen-bond donors (Lipinski definition) is 1. The van der Waals surface area contributed by atoms with Crippen molar-refractivity contribution in [1.29, 1.82) is 0 Å². The van der Waals surface area contributed by atoms with Crippen molar-refractivity contribution in [2.24, 2.45) is 5.92 Å². The van der Waals surface area contributed by atoms with E-state index in [1.165, 1.54) is 19.3 Å². The Labute approximate surface area is 97.8 Å². The molecule has 0 radical (unpaired) electrons. The summed E-state index contributed by atoms with van der Waals surface area (Å²) in [5, 5.41) is 3.21. The van der Waals surface area contributed by atoms with Crippen LogP contribution in [0.5, 0.6) is 0 Å². The van der Waals surface area contributed by atoms with Gasteiger partial charge in [0.1, 0.15) is 0 Å². The van der Waals surface area contributed by atoms with Crippen molar-refractivity contribution >= 4 is 17.5 Å². The zero-order chi connectivity index (χ0) is 11.3. The van der Waals surface area contributed by atoms with Gasteiger partial charge in [-0.2, -0.15) is 0 Å². The number of rotatable bonds is 3. The number of carbonyl (C=O) groups excluding carboxylic acids is 1. The van der Waals surface area contributed by atoms with Crippen molar-refractivity contribution in [2.45, 2.75) is 63.8 Å². The summed E-state index contributed by atoms with van der Waals surface area (Å²) in [4.78, 5) is 11.7. The number of halogens is 1. The van der Waals surface area contributed by atoms with Gasteiger partial charge in [0.05, 0.1) is 5.38 Å². The quantitative estimate of drug-likeness (QED) is 0.587. The van der Waals surface area contributed by atoms with Crippen LogP contribution in [0.15, 0.2) is 0 Å². The maximum Gasteiger partial charge on any atom is 0.223 e. The molecule has 0 heterocycles. The van der Waals surface area contributed by atoms with Gasteiger partial charge in [-0.15, -0.1) is 11.6 Å². The second kappa shape index (κ2) is 6.37. The molecule has 15 heavy (non-hydrogen) atoms. The number of carbonyl (C=O) groups is 1. The minimum atomic E-state index is 0.108. The number of amides is 1. The average Bonchev–Trinajstić information content (AvgIpc) is 2.43. The third kappa shape index (κ3) is 4.02. The Balaban J connectivity index is 2.44. The van der Waals surface area contributed by atoms with E-state index in [1.54, 1.807) is 0 Å². The molecule has 88 valence electrons. The Morgan fingerprint density at radius 1 is 1.40 bits per heavy atom. The summed E-state index contributed by atoms with van der Waals surface area (Å²) in [7, 11) is 0. The summed E-state index contributed by atoms with van der Waals surface area (Å²) in [6, 6.07) is 0.190. The minimum absolute atomic E-state index is 0.108. The van der Waals surface area contributed by atoms with Gasteiger partial charge in [0.2, 0.25) is 5.91 Å². The molecule has 1 fully saturated rings. The first-order valence-electron chi connectivity index (χ1n) is 6.09. The maximum atomic E-state index is 11.7. The van der Waals surface area contributed by atoms with E-state index in [4.69, 9.17) is 11.6 Å². The zero-order valence-corrected chi connectivity index (χ0v) is 10.5. The summed E-state index contributed by atoms with van der Waals surface area (Å²) in [5.74, 6) is 0.271. The van der Waals surface area contributed by atoms with E-state index in [-0.39, 0.29) is 23.2 Å². The maximum absolute atomic E-state index is 11.7. The first-order valence-corrected chi connectivity index (χ1v) is 6.53. The van der Waals surface area contributed by atoms with Crippen LogP contribution in [0.1, 0.15) is 52.4 Å². The lowest BCUT2D eigenvalue weighted by Crippen LogP contribution is -2.42. The molecule has 3 atom stereocenters. The van der Waals surface area contributed by atoms with Crippen LogP contribution < -0.4 is 5.32 Å². The van der Waals surface area contributed by atoms with Gasteiger partial charge in [0.15, 0.2) is 0 Å². The van der Waals surface area contributed by atoms with Gasteiger partial charge in [-0.1, -0.05) is 33.1 Å². The Kier molecular flexibility index (Phi) is 5.44. The Bertz CT molecular complexity index is 208. The summed E-state index contributed by atoms with van der Waals surface area (Å²) in [6.45, 7) is 4.00. The first kappa shape index (κ1) is 12.8. The molecule has 1 rings (SSSR count). The minimum Gasteiger partial charge on any atom is -0.352 e. The van der Waals surface area contributed by atoms with Crippen molar-refractivity contribution in [3.63, 3.8) is 0 Å². The Morgan fingerprint density at radius 2 is 2.07 bits per heavy atom. The van der Waals surface area contributed by atoms with Crippen LogP contribution in [-0.2, 0) is 4.79 Å². The Hall–Kier alpha value is -0.240. The molecule has 0 aromatic carbocycles. The second-order valence-electron chi connectivity index (χ2n) is 4.58. The lowest BCUT2D eigenvalue weighted by atomic mass is 10.0. The van der Waals surface area contributed by atoms with E-state index in [9.17, 15) is 4.79 Å². The van der Waals surface area contributed by atoms with Crippen molar-refractivity contribution in [3.8, 4) is 0 Å². The van der Waals surface area contributed by atoms with Gasteiger partial charge < -0.3 is 5.32 Å². The summed E-state index contributed by atoms with van der Waals surface area (Å²) in [5.41, 5.74) is 0. The largest absolute Gasteiger partial charge is 0.352 e. The second-order valence-corrected chi connectivity index (χ2v) is 5.14. The molecular formula is C12H22ClNO.